The zero-order chi connectivity index (χ0) is 9.59. The molecule has 2 rings (SSSR count). The van der Waals surface area contributed by atoms with Crippen molar-refractivity contribution in [2.45, 2.75) is 13.8 Å². The monoisotopic (exact) mass is 173 g/mol. The molecule has 0 radical (unpaired) electrons. The summed E-state index contributed by atoms with van der Waals surface area (Å²) in [6, 6.07) is 3.98. The summed E-state index contributed by atoms with van der Waals surface area (Å²) in [5.41, 5.74) is 3.87. The van der Waals surface area contributed by atoms with E-state index in [0.717, 1.165) is 22.3 Å². The number of aryl methyl sites for hydroxylation is 2. The van der Waals surface area contributed by atoms with Gasteiger partial charge >= 0.3 is 0 Å². The van der Waals surface area contributed by atoms with Crippen molar-refractivity contribution in [3.63, 3.8) is 0 Å². The summed E-state index contributed by atoms with van der Waals surface area (Å²) < 4.78 is 0. The molecule has 66 valence electrons. The maximum atomic E-state index is 7.65. The second kappa shape index (κ2) is 2.42. The van der Waals surface area contributed by atoms with Gasteiger partial charge in [-0.25, -0.2) is 0 Å². The number of rotatable bonds is 0. The largest absolute Gasteiger partial charge is 0.325 e. The summed E-state index contributed by atoms with van der Waals surface area (Å²) in [6.45, 7) is 3.93. The predicted molar refractivity (Wildman–Crippen MR) is 52.7 cm³/mol. The first kappa shape index (κ1) is 7.98. The van der Waals surface area contributed by atoms with Gasteiger partial charge in [-0.3, -0.25) is 10.8 Å². The van der Waals surface area contributed by atoms with Crippen LogP contribution in [0.4, 0.5) is 0 Å². The van der Waals surface area contributed by atoms with E-state index in [1.165, 1.54) is 0 Å². The van der Waals surface area contributed by atoms with Crippen molar-refractivity contribution in [2.75, 3.05) is 0 Å². The minimum atomic E-state index is 0.348. The van der Waals surface area contributed by atoms with Crippen molar-refractivity contribution < 1.29 is 0 Å². The third-order valence-corrected chi connectivity index (χ3v) is 2.37. The predicted octanol–water partition coefficient (Wildman–Crippen LogP) is 1.56. The van der Waals surface area contributed by atoms with Gasteiger partial charge < -0.3 is 5.32 Å². The summed E-state index contributed by atoms with van der Waals surface area (Å²) >= 11 is 0. The van der Waals surface area contributed by atoms with Crippen molar-refractivity contribution >= 4 is 11.7 Å². The lowest BCUT2D eigenvalue weighted by molar-refractivity contribution is 1.29. The van der Waals surface area contributed by atoms with Gasteiger partial charge in [-0.15, -0.1) is 0 Å². The lowest BCUT2D eigenvalue weighted by Gasteiger charge is -2.04. The fourth-order valence-corrected chi connectivity index (χ4v) is 1.71. The lowest BCUT2D eigenvalue weighted by Crippen LogP contribution is -2.20. The molecule has 0 fully saturated rings. The smallest absolute Gasteiger partial charge is 0.132 e. The zero-order valence-corrected chi connectivity index (χ0v) is 7.65. The van der Waals surface area contributed by atoms with Gasteiger partial charge in [0.2, 0.25) is 0 Å². The average Bonchev–Trinajstić information content (AvgIpc) is 2.36. The van der Waals surface area contributed by atoms with Crippen LogP contribution in [-0.4, -0.2) is 11.7 Å². The van der Waals surface area contributed by atoms with Crippen molar-refractivity contribution in [3.8, 4) is 0 Å². The van der Waals surface area contributed by atoms with E-state index < -0.39 is 0 Å². The van der Waals surface area contributed by atoms with E-state index >= 15 is 0 Å². The molecule has 0 amide bonds. The van der Waals surface area contributed by atoms with Crippen LogP contribution in [0.1, 0.15) is 22.3 Å². The number of amidine groups is 2. The van der Waals surface area contributed by atoms with Gasteiger partial charge in [0, 0.05) is 11.1 Å². The summed E-state index contributed by atoms with van der Waals surface area (Å²) in [7, 11) is 0. The van der Waals surface area contributed by atoms with Gasteiger partial charge in [0.05, 0.1) is 0 Å². The van der Waals surface area contributed by atoms with Crippen LogP contribution in [0.5, 0.6) is 0 Å². The van der Waals surface area contributed by atoms with Crippen LogP contribution >= 0.6 is 0 Å². The van der Waals surface area contributed by atoms with E-state index in [2.05, 4.69) is 5.32 Å². The molecule has 13 heavy (non-hydrogen) atoms. The second-order valence-electron chi connectivity index (χ2n) is 3.32. The molecule has 1 heterocycles. The zero-order valence-electron chi connectivity index (χ0n) is 7.65. The fraction of sp³-hybridized carbons (Fsp3) is 0.200. The molecule has 1 aliphatic rings. The molecule has 1 aromatic rings. The second-order valence-corrected chi connectivity index (χ2v) is 3.32. The van der Waals surface area contributed by atoms with E-state index in [0.29, 0.717) is 11.7 Å². The number of hydrogen-bond acceptors (Lipinski definition) is 2. The fourth-order valence-electron chi connectivity index (χ4n) is 1.71. The molecule has 3 nitrogen and oxygen atoms in total. The number of fused-ring (bicyclic) bond motifs is 1. The maximum Gasteiger partial charge on any atom is 0.132 e. The standard InChI is InChI=1S/C10H11N3/c1-5-3-4-6(2)8-7(5)9(11)13-10(8)12/h3-4H,1-2H3,(H3,11,12,13). The molecule has 1 aliphatic heterocycles. The van der Waals surface area contributed by atoms with Crippen LogP contribution in [0.2, 0.25) is 0 Å². The first-order valence-corrected chi connectivity index (χ1v) is 4.16. The molecule has 0 unspecified atom stereocenters. The third kappa shape index (κ3) is 0.967. The molecular formula is C10H11N3. The molecule has 0 saturated heterocycles. The molecular weight excluding hydrogens is 162 g/mol. The molecule has 0 atom stereocenters. The number of hydrogen-bond donors (Lipinski definition) is 3. The first-order chi connectivity index (χ1) is 6.11. The van der Waals surface area contributed by atoms with Gasteiger partial charge in [0.25, 0.3) is 0 Å². The van der Waals surface area contributed by atoms with Gasteiger partial charge in [-0.1, -0.05) is 12.1 Å². The minimum absolute atomic E-state index is 0.348. The highest BCUT2D eigenvalue weighted by atomic mass is 15.0. The number of nitrogens with one attached hydrogen (secondary N) is 3. The molecule has 0 bridgehead atoms. The highest BCUT2D eigenvalue weighted by Gasteiger charge is 2.24. The van der Waals surface area contributed by atoms with E-state index in [4.69, 9.17) is 10.8 Å². The minimum Gasteiger partial charge on any atom is -0.325 e. The molecule has 0 spiro atoms. The Hall–Kier alpha value is -1.64. The van der Waals surface area contributed by atoms with E-state index in [1.807, 2.05) is 26.0 Å². The van der Waals surface area contributed by atoms with Crippen LogP contribution in [-0.2, 0) is 0 Å². The molecule has 3 heteroatoms. The topological polar surface area (TPSA) is 59.7 Å². The average molecular weight is 173 g/mol. The highest BCUT2D eigenvalue weighted by Crippen LogP contribution is 2.22. The maximum absolute atomic E-state index is 7.65. The first-order valence-electron chi connectivity index (χ1n) is 4.16. The Morgan fingerprint density at radius 2 is 1.31 bits per heavy atom. The van der Waals surface area contributed by atoms with Gasteiger partial charge in [-0.2, -0.15) is 0 Å². The van der Waals surface area contributed by atoms with Crippen LogP contribution in [0.15, 0.2) is 12.1 Å². The summed E-state index contributed by atoms with van der Waals surface area (Å²) in [4.78, 5) is 0. The van der Waals surface area contributed by atoms with Crippen LogP contribution in [0.25, 0.3) is 0 Å². The Morgan fingerprint density at radius 1 is 0.923 bits per heavy atom. The SMILES string of the molecule is Cc1ccc(C)c2c1C(=N)NC2=N. The molecule has 3 N–H and O–H groups in total. The Bertz CT molecular complexity index is 379. The Morgan fingerprint density at radius 3 is 1.69 bits per heavy atom. The summed E-state index contributed by atoms with van der Waals surface area (Å²) in [5.74, 6) is 0.697. The normalized spacial score (nSPS) is 14.3. The Kier molecular flexibility index (Phi) is 1.49. The summed E-state index contributed by atoms with van der Waals surface area (Å²) in [5, 5.41) is 18.0. The van der Waals surface area contributed by atoms with E-state index in [9.17, 15) is 0 Å². The van der Waals surface area contributed by atoms with Crippen LogP contribution in [0.3, 0.4) is 0 Å². The van der Waals surface area contributed by atoms with Crippen LogP contribution in [0, 0.1) is 24.7 Å². The van der Waals surface area contributed by atoms with Gasteiger partial charge in [-0.05, 0) is 25.0 Å². The Balaban J connectivity index is 2.81. The van der Waals surface area contributed by atoms with Gasteiger partial charge in [0.1, 0.15) is 11.7 Å². The molecule has 0 aromatic heterocycles. The van der Waals surface area contributed by atoms with E-state index in [-0.39, 0.29) is 0 Å². The Labute approximate surface area is 76.8 Å². The van der Waals surface area contributed by atoms with Crippen molar-refractivity contribution in [3.05, 3.63) is 34.4 Å². The highest BCUT2D eigenvalue weighted by molar-refractivity contribution is 6.24. The lowest BCUT2D eigenvalue weighted by atomic mass is 9.99. The van der Waals surface area contributed by atoms with Crippen LogP contribution < -0.4 is 5.32 Å². The quantitative estimate of drug-likeness (QED) is 0.547. The van der Waals surface area contributed by atoms with Gasteiger partial charge in [0.15, 0.2) is 0 Å². The molecule has 0 aliphatic carbocycles. The third-order valence-electron chi connectivity index (χ3n) is 2.37. The van der Waals surface area contributed by atoms with E-state index in [1.54, 1.807) is 0 Å². The van der Waals surface area contributed by atoms with Crippen molar-refractivity contribution in [2.24, 2.45) is 0 Å². The number of benzene rings is 1. The molecule has 0 saturated carbocycles. The van der Waals surface area contributed by atoms with Crippen molar-refractivity contribution in [1.29, 1.82) is 10.8 Å². The summed E-state index contributed by atoms with van der Waals surface area (Å²) in [6.07, 6.45) is 0. The molecule has 1 aromatic carbocycles. The van der Waals surface area contributed by atoms with Crippen molar-refractivity contribution in [1.82, 2.24) is 5.32 Å².